The minimum atomic E-state index is -4.31. The molecule has 0 aliphatic rings. The van der Waals surface area contributed by atoms with Gasteiger partial charge in [-0.3, -0.25) is 9.39 Å². The van der Waals surface area contributed by atoms with Gasteiger partial charge in [-0.05, 0) is 11.1 Å². The molecule has 3 rings (SSSR count). The average molecular weight is 411 g/mol. The number of fused-ring (bicyclic) bond motifs is 1. The van der Waals surface area contributed by atoms with Crippen LogP contribution in [-0.2, 0) is 24.4 Å². The van der Waals surface area contributed by atoms with Gasteiger partial charge in [0.05, 0.1) is 18.8 Å². The lowest BCUT2D eigenvalue weighted by molar-refractivity contribution is -0.176. The van der Waals surface area contributed by atoms with Crippen molar-refractivity contribution in [3.63, 3.8) is 0 Å². The quantitative estimate of drug-likeness (QED) is 0.462. The molecule has 2 aromatic heterocycles. The first kappa shape index (κ1) is 20.2. The van der Waals surface area contributed by atoms with E-state index in [9.17, 15) is 13.2 Å². The molecule has 10 heteroatoms. The van der Waals surface area contributed by atoms with Crippen LogP contribution in [0.1, 0.15) is 16.8 Å². The lowest BCUT2D eigenvalue weighted by Gasteiger charge is -2.12. The van der Waals surface area contributed by atoms with E-state index < -0.39 is 12.8 Å². The smallest absolute Gasteiger partial charge is 0.367 e. The van der Waals surface area contributed by atoms with E-state index in [0.717, 1.165) is 16.2 Å². The maximum atomic E-state index is 12.1. The normalized spacial score (nSPS) is 12.5. The highest BCUT2D eigenvalue weighted by atomic mass is 32.1. The standard InChI is InChI=1S/C18H20F3N5OS/c1-22-16(24-9-15-10-26-6-7-28-17(26)25-15)23-8-13-2-4-14(5-3-13)11-27-12-18(19,20)21/h2-7,10H,8-9,11-12H2,1H3,(H2,22,23,24). The number of nitrogens with one attached hydrogen (secondary N) is 2. The van der Waals surface area contributed by atoms with Gasteiger partial charge in [0.25, 0.3) is 0 Å². The molecule has 1 aromatic carbocycles. The summed E-state index contributed by atoms with van der Waals surface area (Å²) in [6.07, 6.45) is -0.383. The Bertz CT molecular complexity index is 889. The number of aliphatic imine (C=N–C) groups is 1. The Morgan fingerprint density at radius 2 is 1.89 bits per heavy atom. The van der Waals surface area contributed by atoms with Crippen LogP contribution < -0.4 is 10.6 Å². The Morgan fingerprint density at radius 1 is 1.18 bits per heavy atom. The number of aromatic nitrogens is 2. The van der Waals surface area contributed by atoms with Crippen LogP contribution in [0.5, 0.6) is 0 Å². The highest BCUT2D eigenvalue weighted by Crippen LogP contribution is 2.16. The van der Waals surface area contributed by atoms with Crippen LogP contribution in [-0.4, -0.2) is 35.2 Å². The van der Waals surface area contributed by atoms with Crippen molar-refractivity contribution in [1.29, 1.82) is 0 Å². The molecular formula is C18H20F3N5OS. The van der Waals surface area contributed by atoms with E-state index in [1.54, 1.807) is 30.5 Å². The van der Waals surface area contributed by atoms with Crippen molar-refractivity contribution in [3.8, 4) is 0 Å². The number of thiazole rings is 1. The number of halogens is 3. The topological polar surface area (TPSA) is 63.0 Å². The minimum absolute atomic E-state index is 0.0709. The summed E-state index contributed by atoms with van der Waals surface area (Å²) in [5, 5.41) is 8.37. The molecule has 0 spiro atoms. The molecule has 6 nitrogen and oxygen atoms in total. The maximum absolute atomic E-state index is 12.1. The van der Waals surface area contributed by atoms with Crippen LogP contribution in [0.25, 0.3) is 4.96 Å². The summed E-state index contributed by atoms with van der Waals surface area (Å²) >= 11 is 1.58. The molecule has 2 heterocycles. The molecular weight excluding hydrogens is 391 g/mol. The van der Waals surface area contributed by atoms with Gasteiger partial charge in [-0.1, -0.05) is 24.3 Å². The predicted molar refractivity (Wildman–Crippen MR) is 102 cm³/mol. The Hall–Kier alpha value is -2.59. The van der Waals surface area contributed by atoms with Crippen molar-refractivity contribution >= 4 is 22.3 Å². The predicted octanol–water partition coefficient (Wildman–Crippen LogP) is 3.34. The summed E-state index contributed by atoms with van der Waals surface area (Å²) in [6.45, 7) is -0.239. The van der Waals surface area contributed by atoms with Crippen LogP contribution in [0.4, 0.5) is 13.2 Å². The summed E-state index contributed by atoms with van der Waals surface area (Å²) in [5.74, 6) is 0.633. The van der Waals surface area contributed by atoms with Gasteiger partial charge in [0.1, 0.15) is 6.61 Å². The Balaban J connectivity index is 1.43. The number of imidazole rings is 1. The number of hydrogen-bond acceptors (Lipinski definition) is 4. The second-order valence-electron chi connectivity index (χ2n) is 6.03. The fourth-order valence-corrected chi connectivity index (χ4v) is 3.20. The summed E-state index contributed by atoms with van der Waals surface area (Å²) in [7, 11) is 1.68. The molecule has 0 amide bonds. The summed E-state index contributed by atoms with van der Waals surface area (Å²) in [6, 6.07) is 7.19. The van der Waals surface area contributed by atoms with Crippen LogP contribution in [0.3, 0.4) is 0 Å². The second kappa shape index (κ2) is 9.07. The number of hydrogen-bond donors (Lipinski definition) is 2. The number of ether oxygens (including phenoxy) is 1. The first-order valence-corrected chi connectivity index (χ1v) is 9.39. The molecule has 28 heavy (non-hydrogen) atoms. The Kier molecular flexibility index (Phi) is 6.53. The van der Waals surface area contributed by atoms with Crippen molar-refractivity contribution in [2.24, 2.45) is 4.99 Å². The van der Waals surface area contributed by atoms with E-state index in [0.29, 0.717) is 24.6 Å². The van der Waals surface area contributed by atoms with Gasteiger partial charge in [0.15, 0.2) is 10.9 Å². The number of rotatable bonds is 7. The highest BCUT2D eigenvalue weighted by molar-refractivity contribution is 7.15. The maximum Gasteiger partial charge on any atom is 0.411 e. The Morgan fingerprint density at radius 3 is 2.57 bits per heavy atom. The SMILES string of the molecule is CN=C(NCc1ccc(COCC(F)(F)F)cc1)NCc1cn2ccsc2n1. The third-order valence-corrected chi connectivity index (χ3v) is 4.59. The molecule has 0 bridgehead atoms. The largest absolute Gasteiger partial charge is 0.411 e. The van der Waals surface area contributed by atoms with Crippen LogP contribution >= 0.6 is 11.3 Å². The second-order valence-corrected chi connectivity index (χ2v) is 6.90. The first-order valence-electron chi connectivity index (χ1n) is 8.51. The molecule has 0 unspecified atom stereocenters. The third kappa shape index (κ3) is 5.96. The van der Waals surface area contributed by atoms with E-state index in [2.05, 4.69) is 25.3 Å². The molecule has 0 saturated carbocycles. The van der Waals surface area contributed by atoms with E-state index in [1.807, 2.05) is 34.3 Å². The van der Waals surface area contributed by atoms with Gasteiger partial charge in [-0.25, -0.2) is 4.98 Å². The highest BCUT2D eigenvalue weighted by Gasteiger charge is 2.27. The number of guanidine groups is 1. The van der Waals surface area contributed by atoms with E-state index in [1.165, 1.54) is 0 Å². The number of alkyl halides is 3. The van der Waals surface area contributed by atoms with Gasteiger partial charge < -0.3 is 15.4 Å². The zero-order valence-electron chi connectivity index (χ0n) is 15.2. The molecule has 0 fully saturated rings. The van der Waals surface area contributed by atoms with Crippen LogP contribution in [0.2, 0.25) is 0 Å². The van der Waals surface area contributed by atoms with Gasteiger partial charge in [-0.2, -0.15) is 13.2 Å². The molecule has 0 aliphatic carbocycles. The van der Waals surface area contributed by atoms with Crippen molar-refractivity contribution in [2.75, 3.05) is 13.7 Å². The first-order chi connectivity index (χ1) is 13.4. The molecule has 0 saturated heterocycles. The van der Waals surface area contributed by atoms with Crippen LogP contribution in [0.15, 0.2) is 47.0 Å². The fraction of sp³-hybridized carbons (Fsp3) is 0.333. The summed E-state index contributed by atoms with van der Waals surface area (Å²) in [4.78, 5) is 9.62. The molecule has 0 radical (unpaired) electrons. The zero-order valence-corrected chi connectivity index (χ0v) is 16.0. The summed E-state index contributed by atoms with van der Waals surface area (Å²) in [5.41, 5.74) is 2.58. The molecule has 0 atom stereocenters. The lowest BCUT2D eigenvalue weighted by Crippen LogP contribution is -2.36. The van der Waals surface area contributed by atoms with E-state index in [-0.39, 0.29) is 6.61 Å². The van der Waals surface area contributed by atoms with Gasteiger partial charge >= 0.3 is 6.18 Å². The van der Waals surface area contributed by atoms with E-state index in [4.69, 9.17) is 0 Å². The van der Waals surface area contributed by atoms with Crippen molar-refractivity contribution in [3.05, 3.63) is 58.9 Å². The molecule has 150 valence electrons. The molecule has 3 aromatic rings. The summed E-state index contributed by atoms with van der Waals surface area (Å²) < 4.78 is 42.9. The molecule has 0 aliphatic heterocycles. The van der Waals surface area contributed by atoms with E-state index >= 15 is 0 Å². The number of nitrogens with zero attached hydrogens (tertiary/aromatic N) is 3. The molecule has 2 N–H and O–H groups in total. The van der Waals surface area contributed by atoms with Gasteiger partial charge in [-0.15, -0.1) is 11.3 Å². The lowest BCUT2D eigenvalue weighted by atomic mass is 10.1. The van der Waals surface area contributed by atoms with Crippen molar-refractivity contribution < 1.29 is 17.9 Å². The van der Waals surface area contributed by atoms with Crippen molar-refractivity contribution in [1.82, 2.24) is 20.0 Å². The third-order valence-electron chi connectivity index (χ3n) is 3.82. The number of benzene rings is 1. The van der Waals surface area contributed by atoms with Crippen molar-refractivity contribution in [2.45, 2.75) is 25.9 Å². The zero-order chi connectivity index (χ0) is 20.0. The van der Waals surface area contributed by atoms with Gasteiger partial charge in [0, 0.05) is 31.4 Å². The van der Waals surface area contributed by atoms with Crippen LogP contribution in [0, 0.1) is 0 Å². The fourth-order valence-electron chi connectivity index (χ4n) is 2.48. The monoisotopic (exact) mass is 411 g/mol. The van der Waals surface area contributed by atoms with Gasteiger partial charge in [0.2, 0.25) is 0 Å². The minimum Gasteiger partial charge on any atom is -0.367 e. The Labute approximate surface area is 164 Å². The average Bonchev–Trinajstić information content (AvgIpc) is 3.23.